The predicted octanol–water partition coefficient (Wildman–Crippen LogP) is 3.79. The SMILES string of the molecule is CCC.CCC(C)C(C(CC(=O)N1CCCC1C(OC)C(C)C(C)C(O)c1ccccc1)OC)N(C)C(=O)CNC(=O)C(OCc1ccc(NC(=O)CC(NC)C(C)C)cc1)C(C)C.CCCN.CNC=O.NC=O.NC=O.NC=O.NCC=O. The lowest BCUT2D eigenvalue weighted by Gasteiger charge is -2.40. The first-order valence-electron chi connectivity index (χ1n) is 29.1. The minimum atomic E-state index is -0.807. The molecule has 1 aliphatic heterocycles. The third kappa shape index (κ3) is 39.0. The lowest BCUT2D eigenvalue weighted by atomic mass is 9.80. The number of nitrogens with zero attached hydrogens (tertiary/aromatic N) is 2. The number of carbonyl (C=O) groups is 9. The molecule has 0 spiro atoms. The normalized spacial score (nSPS) is 15.0. The van der Waals surface area contributed by atoms with Gasteiger partial charge in [0.25, 0.3) is 0 Å². The second kappa shape index (κ2) is 56.7. The average Bonchev–Trinajstić information content (AvgIpc) is 4.26. The molecular weight excluding hydrogens is 1090 g/mol. The van der Waals surface area contributed by atoms with Crippen molar-refractivity contribution >= 4 is 61.2 Å². The number of primary amides is 3. The Labute approximate surface area is 508 Å². The fourth-order valence-corrected chi connectivity index (χ4v) is 8.66. The van der Waals surface area contributed by atoms with Gasteiger partial charge in [0, 0.05) is 59.6 Å². The van der Waals surface area contributed by atoms with Crippen LogP contribution in [0.3, 0.4) is 0 Å². The van der Waals surface area contributed by atoms with Crippen LogP contribution >= 0.6 is 0 Å². The highest BCUT2D eigenvalue weighted by molar-refractivity contribution is 5.91. The molecular formula is C61H113N11O13. The molecule has 1 fully saturated rings. The molecule has 2 aromatic rings. The lowest BCUT2D eigenvalue weighted by Crippen LogP contribution is -2.54. The first-order valence-corrected chi connectivity index (χ1v) is 29.1. The highest BCUT2D eigenvalue weighted by atomic mass is 16.5. The molecule has 24 heteroatoms. The molecule has 0 aromatic heterocycles. The van der Waals surface area contributed by atoms with Crippen LogP contribution in [0.4, 0.5) is 5.69 Å². The molecule has 1 saturated heterocycles. The monoisotopic (exact) mass is 1210 g/mol. The molecule has 0 radical (unpaired) electrons. The Kier molecular flexibility index (Phi) is 58.3. The summed E-state index contributed by atoms with van der Waals surface area (Å²) in [6.07, 6.45) is 4.82. The van der Waals surface area contributed by atoms with Gasteiger partial charge in [0.1, 0.15) is 12.4 Å². The summed E-state index contributed by atoms with van der Waals surface area (Å²) in [4.78, 5) is 101. The molecule has 3 rings (SSSR count). The maximum atomic E-state index is 14.2. The van der Waals surface area contributed by atoms with Crippen molar-refractivity contribution in [1.29, 1.82) is 0 Å². The second-order valence-corrected chi connectivity index (χ2v) is 20.4. The molecule has 10 atom stereocenters. The van der Waals surface area contributed by atoms with E-state index in [0.29, 0.717) is 37.3 Å². The van der Waals surface area contributed by atoms with Crippen LogP contribution < -0.4 is 49.9 Å². The van der Waals surface area contributed by atoms with Crippen LogP contribution in [0, 0.1) is 29.6 Å². The van der Waals surface area contributed by atoms with Crippen LogP contribution in [-0.4, -0.2) is 168 Å². The summed E-state index contributed by atoms with van der Waals surface area (Å²) in [5, 5.41) is 22.4. The Morgan fingerprint density at radius 2 is 1.29 bits per heavy atom. The molecule has 24 nitrogen and oxygen atoms in total. The number of hydrogen-bond donors (Lipinski definition) is 10. The molecule has 8 amide bonds. The first kappa shape index (κ1) is 87.4. The maximum Gasteiger partial charge on any atom is 0.249 e. The van der Waals surface area contributed by atoms with Gasteiger partial charge in [0.05, 0.1) is 50.0 Å². The first-order chi connectivity index (χ1) is 40.4. The summed E-state index contributed by atoms with van der Waals surface area (Å²) in [7, 11) is 8.37. The molecule has 0 saturated carbocycles. The van der Waals surface area contributed by atoms with E-state index in [0.717, 1.165) is 43.4 Å². The van der Waals surface area contributed by atoms with E-state index in [2.05, 4.69) is 85.7 Å². The molecule has 0 bridgehead atoms. The van der Waals surface area contributed by atoms with E-state index in [9.17, 15) is 24.3 Å². The number of aliphatic hydroxyl groups is 1. The Balaban J connectivity index is -0.000000756. The maximum absolute atomic E-state index is 14.2. The van der Waals surface area contributed by atoms with Crippen molar-refractivity contribution in [2.75, 3.05) is 66.9 Å². The summed E-state index contributed by atoms with van der Waals surface area (Å²) in [6.45, 7) is 23.9. The zero-order chi connectivity index (χ0) is 66.5. The highest BCUT2D eigenvalue weighted by Crippen LogP contribution is 2.36. The van der Waals surface area contributed by atoms with E-state index in [-0.39, 0.29) is 105 Å². The summed E-state index contributed by atoms with van der Waals surface area (Å²) >= 11 is 0. The van der Waals surface area contributed by atoms with Crippen LogP contribution in [0.1, 0.15) is 138 Å². The average molecular weight is 1210 g/mol. The Hall–Kier alpha value is -6.41. The van der Waals surface area contributed by atoms with Gasteiger partial charge in [-0.05, 0) is 85.7 Å². The van der Waals surface area contributed by atoms with E-state index >= 15 is 0 Å². The fraction of sp³-hybridized carbons (Fsp3) is 0.656. The van der Waals surface area contributed by atoms with E-state index < -0.39 is 30.3 Å². The number of hydrogen-bond acceptors (Lipinski definition) is 16. The zero-order valence-corrected chi connectivity index (χ0v) is 54.1. The summed E-state index contributed by atoms with van der Waals surface area (Å²) in [5.74, 6) is -0.872. The van der Waals surface area contributed by atoms with Gasteiger partial charge in [0.2, 0.25) is 49.3 Å². The van der Waals surface area contributed by atoms with Crippen LogP contribution in [0.5, 0.6) is 0 Å². The van der Waals surface area contributed by atoms with Crippen molar-refractivity contribution in [3.8, 4) is 0 Å². The number of rotatable bonds is 28. The number of aliphatic hydroxyl groups excluding tert-OH is 1. The quantitative estimate of drug-likeness (QED) is 0.0542. The largest absolute Gasteiger partial charge is 0.388 e. The van der Waals surface area contributed by atoms with E-state index in [4.69, 9.17) is 43.9 Å². The van der Waals surface area contributed by atoms with Gasteiger partial charge in [-0.1, -0.05) is 131 Å². The Bertz CT molecular complexity index is 1990. The number of amides is 8. The van der Waals surface area contributed by atoms with Gasteiger partial charge in [0.15, 0.2) is 0 Å². The van der Waals surface area contributed by atoms with Crippen molar-refractivity contribution in [2.45, 2.75) is 170 Å². The minimum Gasteiger partial charge on any atom is -0.388 e. The van der Waals surface area contributed by atoms with Gasteiger partial charge in [-0.3, -0.25) is 38.4 Å². The number of benzene rings is 2. The van der Waals surface area contributed by atoms with E-state index in [1.54, 1.807) is 33.2 Å². The smallest absolute Gasteiger partial charge is 0.249 e. The van der Waals surface area contributed by atoms with E-state index in [1.807, 2.05) is 101 Å². The van der Waals surface area contributed by atoms with Crippen molar-refractivity contribution in [1.82, 2.24) is 25.8 Å². The van der Waals surface area contributed by atoms with Crippen LogP contribution in [0.25, 0.3) is 0 Å². The molecule has 2 aromatic carbocycles. The highest BCUT2D eigenvalue weighted by Gasteiger charge is 2.42. The van der Waals surface area contributed by atoms with Crippen LogP contribution in [-0.2, 0) is 64.0 Å². The molecule has 0 aliphatic carbocycles. The number of likely N-dealkylation sites (tertiary alicyclic amines) is 1. The third-order valence-corrected chi connectivity index (χ3v) is 13.4. The van der Waals surface area contributed by atoms with Crippen molar-refractivity contribution < 1.29 is 62.5 Å². The topological polar surface area (TPSA) is 386 Å². The van der Waals surface area contributed by atoms with E-state index in [1.165, 1.54) is 6.42 Å². The van der Waals surface area contributed by atoms with Crippen LogP contribution in [0.2, 0.25) is 0 Å². The number of likely N-dealkylation sites (N-methyl/N-ethyl adjacent to an activating group) is 1. The molecule has 10 unspecified atom stereocenters. The molecule has 1 aliphatic rings. The van der Waals surface area contributed by atoms with Crippen molar-refractivity contribution in [3.05, 3.63) is 65.7 Å². The predicted molar refractivity (Wildman–Crippen MR) is 337 cm³/mol. The van der Waals surface area contributed by atoms with Gasteiger partial charge >= 0.3 is 0 Å². The Morgan fingerprint density at radius 3 is 1.69 bits per heavy atom. The zero-order valence-electron chi connectivity index (χ0n) is 54.1. The van der Waals surface area contributed by atoms with Gasteiger partial charge in [-0.2, -0.15) is 0 Å². The standard InChI is InChI=1S/C48H77N5O8.C3H9N.C3H8.2C2H5NO.3CH3NO/c1-13-32(6)44(40(59-11)27-42(55)53-25-17-20-39(53)47(60-12)34(8)33(7)45(57)36-18-15-14-16-19-36)52(10)43(56)28-50-48(58)46(31(4)5)61-29-35-21-23-37(24-22-35)51-41(54)26-38(49-9)30(2)3;1-2-3-4;1-3-2;1-3-2-4;3-1-2-4;3*2-1-3/h14-16,18-19,21-24,30-34,38-40,44-47,49,57H,13,17,20,25-29H2,1-12H3,(H,50,58)(H,51,54);2-4H2,1H3;3H2,1-2H3;2H,1H3,(H,3,4);2H,1,3H2;3*1H,(H2,2,3). The summed E-state index contributed by atoms with van der Waals surface area (Å²) in [6, 6.07) is 16.4. The third-order valence-electron chi connectivity index (χ3n) is 13.4. The van der Waals surface area contributed by atoms with Crippen LogP contribution in [0.15, 0.2) is 54.6 Å². The van der Waals surface area contributed by atoms with Crippen molar-refractivity contribution in [3.63, 3.8) is 0 Å². The number of nitrogens with one attached hydrogen (secondary N) is 4. The summed E-state index contributed by atoms with van der Waals surface area (Å²) in [5.41, 5.74) is 24.6. The molecule has 85 heavy (non-hydrogen) atoms. The van der Waals surface area contributed by atoms with Gasteiger partial charge in [-0.15, -0.1) is 0 Å². The fourth-order valence-electron chi connectivity index (χ4n) is 8.66. The number of ether oxygens (including phenoxy) is 3. The van der Waals surface area contributed by atoms with Gasteiger partial charge < -0.3 is 83.8 Å². The number of nitrogens with two attached hydrogens (primary N) is 5. The molecule has 490 valence electrons. The number of aldehydes is 1. The Morgan fingerprint density at radius 1 is 0.788 bits per heavy atom. The minimum absolute atomic E-state index is 0.0133. The second-order valence-electron chi connectivity index (χ2n) is 20.4. The lowest BCUT2D eigenvalue weighted by molar-refractivity contribution is -0.145. The number of carbonyl (C=O) groups excluding carboxylic acids is 9. The molecule has 15 N–H and O–H groups in total. The number of anilines is 1. The summed E-state index contributed by atoms with van der Waals surface area (Å²) < 4.78 is 18.2. The number of methoxy groups -OCH3 is 2. The molecule has 1 heterocycles. The van der Waals surface area contributed by atoms with Crippen molar-refractivity contribution in [2.24, 2.45) is 58.3 Å². The van der Waals surface area contributed by atoms with Gasteiger partial charge in [-0.25, -0.2) is 0 Å².